The number of piperidine rings is 1. The number of anilines is 1. The van der Waals surface area contributed by atoms with Gasteiger partial charge in [0.25, 0.3) is 11.8 Å². The molecule has 3 aliphatic heterocycles. The number of imide groups is 2. The summed E-state index contributed by atoms with van der Waals surface area (Å²) in [5.41, 5.74) is 9.64. The number of benzene rings is 1. The Morgan fingerprint density at radius 1 is 0.931 bits per heavy atom. The lowest BCUT2D eigenvalue weighted by Gasteiger charge is -2.27. The van der Waals surface area contributed by atoms with E-state index in [2.05, 4.69) is 45.5 Å². The maximum Gasteiger partial charge on any atom is 0.264 e. The van der Waals surface area contributed by atoms with Crippen LogP contribution in [0.2, 0.25) is 0 Å². The predicted octanol–water partition coefficient (Wildman–Crippen LogP) is 3.41. The Morgan fingerprint density at radius 3 is 2.47 bits per heavy atom. The van der Waals surface area contributed by atoms with Crippen molar-refractivity contribution >= 4 is 69.8 Å². The van der Waals surface area contributed by atoms with E-state index >= 15 is 0 Å². The fraction of sp³-hybridized carbons (Fsp3) is 0.410. The average molecular weight is 832 g/mol. The summed E-state index contributed by atoms with van der Waals surface area (Å²) in [4.78, 5) is 83.1. The second-order valence-corrected chi connectivity index (χ2v) is 15.8. The van der Waals surface area contributed by atoms with Gasteiger partial charge in [0.2, 0.25) is 23.6 Å². The van der Waals surface area contributed by atoms with Gasteiger partial charge in [0.15, 0.2) is 5.82 Å². The first-order valence-corrected chi connectivity index (χ1v) is 20.1. The minimum Gasteiger partial charge on any atom is -0.382 e. The molecule has 1 fully saturated rings. The number of rotatable bonds is 14. The quantitative estimate of drug-likeness (QED) is 0.105. The number of ether oxygens (including phenoxy) is 2. The molecule has 5 heterocycles. The highest BCUT2D eigenvalue weighted by molar-refractivity contribution is 7.15. The number of hydrogen-bond acceptors (Lipinski definition) is 13. The highest BCUT2D eigenvalue weighted by Crippen LogP contribution is 2.41. The monoisotopic (exact) mass is 831 g/mol. The van der Waals surface area contributed by atoms with Crippen LogP contribution in [0.25, 0.3) is 5.00 Å². The maximum absolute atomic E-state index is 13.2. The highest BCUT2D eigenvalue weighted by Gasteiger charge is 2.45. The fourth-order valence-electron chi connectivity index (χ4n) is 7.19. The van der Waals surface area contributed by atoms with Gasteiger partial charge in [0.1, 0.15) is 22.9 Å². The lowest BCUT2D eigenvalue weighted by atomic mass is 9.93. The number of hydrogen-bond donors (Lipinski definition) is 4. The van der Waals surface area contributed by atoms with Crippen LogP contribution in [0.15, 0.2) is 45.9 Å². The molecule has 1 aliphatic carbocycles. The third kappa shape index (κ3) is 8.36. The number of thiophene rings is 1. The average Bonchev–Trinajstić information content (AvgIpc) is 3.78. The smallest absolute Gasteiger partial charge is 0.264 e. The molecule has 0 spiro atoms. The van der Waals surface area contributed by atoms with Gasteiger partial charge < -0.3 is 14.8 Å². The number of nitrogens with one attached hydrogen (secondary N) is 4. The Kier molecular flexibility index (Phi) is 12.3. The summed E-state index contributed by atoms with van der Waals surface area (Å²) in [7, 11) is 0. The van der Waals surface area contributed by atoms with E-state index in [1.54, 1.807) is 23.5 Å². The van der Waals surface area contributed by atoms with Crippen molar-refractivity contribution in [2.45, 2.75) is 71.4 Å². The molecule has 4 aliphatic rings. The lowest BCUT2D eigenvalue weighted by Crippen LogP contribution is -2.54. The number of nitrogens with zero attached hydrogens (tertiary/aromatic N) is 5. The van der Waals surface area contributed by atoms with E-state index in [0.29, 0.717) is 36.7 Å². The molecule has 304 valence electrons. The first-order valence-electron chi connectivity index (χ1n) is 18.9. The Labute approximate surface area is 342 Å². The Bertz CT molecular complexity index is 2300. The number of aryl methyl sites for hydroxylation is 2. The van der Waals surface area contributed by atoms with E-state index < -0.39 is 47.5 Å². The van der Waals surface area contributed by atoms with Crippen molar-refractivity contribution in [2.75, 3.05) is 38.3 Å². The van der Waals surface area contributed by atoms with Crippen LogP contribution in [0.4, 0.5) is 5.69 Å². The molecule has 3 aromatic rings. The molecule has 58 heavy (non-hydrogen) atoms. The number of hydrazine groups is 1. The number of aromatic nitrogens is 3. The van der Waals surface area contributed by atoms with Crippen LogP contribution >= 0.6 is 22.9 Å². The number of carbonyl (C=O) groups is 6. The summed E-state index contributed by atoms with van der Waals surface area (Å²) in [5.74, 6) is -1.94. The molecule has 2 aromatic heterocycles. The van der Waals surface area contributed by atoms with Crippen molar-refractivity contribution in [3.63, 3.8) is 0 Å². The van der Waals surface area contributed by atoms with Crippen LogP contribution in [0.1, 0.15) is 92.9 Å². The lowest BCUT2D eigenvalue weighted by molar-refractivity contribution is -0.136. The predicted molar refractivity (Wildman–Crippen MR) is 213 cm³/mol. The normalized spacial score (nSPS) is 18.7. The summed E-state index contributed by atoms with van der Waals surface area (Å²) in [6.45, 7) is 7.09. The molecular weight excluding hydrogens is 790 g/mol. The minimum absolute atomic E-state index is 0.00808. The molecule has 6 amide bonds. The van der Waals surface area contributed by atoms with Gasteiger partial charge in [-0.25, -0.2) is 0 Å². The van der Waals surface area contributed by atoms with Gasteiger partial charge in [0, 0.05) is 34.1 Å². The van der Waals surface area contributed by atoms with Crippen molar-refractivity contribution in [1.29, 1.82) is 0 Å². The van der Waals surface area contributed by atoms with Crippen LogP contribution in [0, 0.1) is 20.8 Å². The number of aliphatic imine (C=N–C) groups is 1. The largest absolute Gasteiger partial charge is 0.382 e. The molecule has 2 atom stereocenters. The van der Waals surface area contributed by atoms with E-state index in [-0.39, 0.29) is 63.2 Å². The SMILES string of the molecule is Cc1sc2c(c1C)C(C1=CC=C(Cl)CC1)=N[C@@H](CC(=O)NNC(=O)CCOCCOCCNc1cccc3c1C(=O)N(C1CCC(=O)NC1=O)C3=O)c1nnc(C)n1-2. The molecular formula is C39H42ClN9O8S. The standard InChI is InChI=1S/C39H42ClN9O8S/c1-20-21(2)58-39-32(20)34(23-7-9-24(40)10-8-23)42-27(35-47-44-22(3)48(35)39)19-31(52)46-45-30(51)13-15-56-17-18-57-16-14-41-26-6-4-5-25-33(26)38(55)49(37(25)54)28-11-12-29(50)43-36(28)53/h4-7,9,27-28,41H,8,10-19H2,1-3H3,(H,45,51)(H,46,52)(H,43,50,53)/t27-,28?/m0/s1. The zero-order chi connectivity index (χ0) is 41.1. The summed E-state index contributed by atoms with van der Waals surface area (Å²) in [6.07, 6.45) is 5.30. The zero-order valence-electron chi connectivity index (χ0n) is 32.1. The number of fused-ring (bicyclic) bond motifs is 4. The van der Waals surface area contributed by atoms with Crippen molar-refractivity contribution in [1.82, 2.24) is 35.8 Å². The third-order valence-electron chi connectivity index (χ3n) is 10.2. The third-order valence-corrected chi connectivity index (χ3v) is 11.7. The zero-order valence-corrected chi connectivity index (χ0v) is 33.7. The summed E-state index contributed by atoms with van der Waals surface area (Å²) >= 11 is 7.91. The van der Waals surface area contributed by atoms with Crippen LogP contribution < -0.4 is 21.5 Å². The summed E-state index contributed by atoms with van der Waals surface area (Å²) in [6, 6.07) is 3.12. The van der Waals surface area contributed by atoms with E-state index in [9.17, 15) is 28.8 Å². The van der Waals surface area contributed by atoms with Gasteiger partial charge in [-0.3, -0.25) is 59.4 Å². The molecule has 17 nitrogen and oxygen atoms in total. The van der Waals surface area contributed by atoms with Gasteiger partial charge in [-0.05, 0) is 69.4 Å². The number of amides is 6. The molecule has 4 N–H and O–H groups in total. The Balaban J connectivity index is 0.834. The molecule has 1 unspecified atom stereocenters. The van der Waals surface area contributed by atoms with Gasteiger partial charge in [0.05, 0.1) is 56.1 Å². The first kappa shape index (κ1) is 40.6. The molecule has 0 saturated carbocycles. The summed E-state index contributed by atoms with van der Waals surface area (Å²) in [5, 5.41) is 15.8. The van der Waals surface area contributed by atoms with E-state index in [0.717, 1.165) is 42.2 Å². The van der Waals surface area contributed by atoms with Gasteiger partial charge in [-0.1, -0.05) is 23.7 Å². The summed E-state index contributed by atoms with van der Waals surface area (Å²) < 4.78 is 13.1. The van der Waals surface area contributed by atoms with Crippen molar-refractivity contribution in [2.24, 2.45) is 4.99 Å². The topological polar surface area (TPSA) is 215 Å². The highest BCUT2D eigenvalue weighted by atomic mass is 35.5. The van der Waals surface area contributed by atoms with Crippen LogP contribution in [0.5, 0.6) is 0 Å². The molecule has 0 radical (unpaired) electrons. The minimum atomic E-state index is -1.05. The van der Waals surface area contributed by atoms with E-state index in [1.165, 1.54) is 6.07 Å². The van der Waals surface area contributed by atoms with Crippen molar-refractivity contribution in [3.05, 3.63) is 79.7 Å². The van der Waals surface area contributed by atoms with Gasteiger partial charge in [-0.2, -0.15) is 0 Å². The molecule has 7 rings (SSSR count). The first-order chi connectivity index (χ1) is 27.9. The van der Waals surface area contributed by atoms with Crippen LogP contribution in [-0.2, 0) is 28.7 Å². The molecule has 19 heteroatoms. The second-order valence-electron chi connectivity index (χ2n) is 14.1. The van der Waals surface area contributed by atoms with Crippen LogP contribution in [0.3, 0.4) is 0 Å². The fourth-order valence-corrected chi connectivity index (χ4v) is 8.57. The molecule has 1 aromatic carbocycles. The van der Waals surface area contributed by atoms with Gasteiger partial charge >= 0.3 is 0 Å². The van der Waals surface area contributed by atoms with Crippen LogP contribution in [-0.4, -0.2) is 99.8 Å². The van der Waals surface area contributed by atoms with Gasteiger partial charge in [-0.15, -0.1) is 21.5 Å². The molecule has 1 saturated heterocycles. The number of carbonyl (C=O) groups excluding carboxylic acids is 6. The maximum atomic E-state index is 13.2. The van der Waals surface area contributed by atoms with E-state index in [1.807, 2.05) is 23.6 Å². The Morgan fingerprint density at radius 2 is 1.71 bits per heavy atom. The Hall–Kier alpha value is -5.56. The van der Waals surface area contributed by atoms with Crippen molar-refractivity contribution in [3.8, 4) is 5.00 Å². The van der Waals surface area contributed by atoms with Crippen molar-refractivity contribution < 1.29 is 38.2 Å². The number of halogens is 1. The molecule has 0 bridgehead atoms. The second kappa shape index (κ2) is 17.5. The number of allylic oxidation sites excluding steroid dienone is 4. The van der Waals surface area contributed by atoms with E-state index in [4.69, 9.17) is 26.1 Å².